The molecule has 0 aromatic heterocycles. The van der Waals surface area contributed by atoms with E-state index in [1.54, 1.807) is 6.92 Å². The van der Waals surface area contributed by atoms with E-state index in [1.165, 1.54) is 0 Å². The smallest absolute Gasteiger partial charge is 0 e. The zero-order valence-electron chi connectivity index (χ0n) is 4.37. The average molecular weight is 572 g/mol. The van der Waals surface area contributed by atoms with Crippen molar-refractivity contribution in [3.8, 4) is 0 Å². The molecular formula is C3H6OTaTcVW-2. The molecule has 8 heavy (non-hydrogen) atoms. The van der Waals surface area contributed by atoms with Crippen molar-refractivity contribution in [2.75, 3.05) is 0 Å². The second-order valence-electron chi connectivity index (χ2n) is 0. The number of hydrogen-bond donors (Lipinski definition) is 0. The predicted octanol–water partition coefficient (Wildman–Crippen LogP) is 0.556. The van der Waals surface area contributed by atoms with Gasteiger partial charge in [0.25, 0.3) is 0 Å². The van der Waals surface area contributed by atoms with Crippen molar-refractivity contribution >= 4 is 6.79 Å². The molecule has 0 bridgehead atoms. The fourth-order valence-electron chi connectivity index (χ4n) is 0. The van der Waals surface area contributed by atoms with E-state index in [2.05, 4.69) is 13.7 Å². The Bertz CT molecular complexity index is 19.2. The van der Waals surface area contributed by atoms with Crippen LogP contribution in [0.4, 0.5) is 0 Å². The van der Waals surface area contributed by atoms with E-state index in [4.69, 9.17) is 4.79 Å². The molecule has 0 aliphatic rings. The first kappa shape index (κ1) is 47.9. The average Bonchev–Trinajstić information content (AvgIpc) is 1.50. The zero-order chi connectivity index (χ0) is 4.00. The Morgan fingerprint density at radius 1 is 1.25 bits per heavy atom. The van der Waals surface area contributed by atoms with Crippen molar-refractivity contribution in [2.24, 2.45) is 0 Å². The Morgan fingerprint density at radius 3 is 1.25 bits per heavy atom. The van der Waals surface area contributed by atoms with Crippen molar-refractivity contribution in [3.63, 3.8) is 0 Å². The molecule has 49 valence electrons. The SMILES string of the molecule is [CH-]=O.[CH2-]C.[Ta].[Tc].[V].[W]. The number of rotatable bonds is 0. The van der Waals surface area contributed by atoms with E-state index >= 15 is 0 Å². The van der Waals surface area contributed by atoms with Crippen molar-refractivity contribution < 1.29 is 86.9 Å². The predicted molar refractivity (Wildman–Crippen MR) is 17.8 cm³/mol. The molecule has 0 fully saturated rings. The quantitative estimate of drug-likeness (QED) is 0.307. The van der Waals surface area contributed by atoms with Gasteiger partial charge in [0.1, 0.15) is 0 Å². The Labute approximate surface area is 106 Å². The minimum atomic E-state index is 0. The molecule has 0 rings (SSSR count). The summed E-state index contributed by atoms with van der Waals surface area (Å²) < 4.78 is 0. The van der Waals surface area contributed by atoms with Gasteiger partial charge in [-0.25, -0.2) is 0 Å². The van der Waals surface area contributed by atoms with E-state index in [0.717, 1.165) is 0 Å². The maximum absolute atomic E-state index is 7.75. The van der Waals surface area contributed by atoms with Crippen LogP contribution >= 0.6 is 0 Å². The summed E-state index contributed by atoms with van der Waals surface area (Å²) in [6, 6.07) is 0. The number of hydrogen-bond acceptors (Lipinski definition) is 1. The summed E-state index contributed by atoms with van der Waals surface area (Å²) in [5, 5.41) is 0. The van der Waals surface area contributed by atoms with Crippen LogP contribution in [0.5, 0.6) is 0 Å². The van der Waals surface area contributed by atoms with Gasteiger partial charge in [-0.15, -0.1) is 0 Å². The summed E-state index contributed by atoms with van der Waals surface area (Å²) in [4.78, 5) is 7.75. The van der Waals surface area contributed by atoms with Crippen molar-refractivity contribution in [3.05, 3.63) is 6.92 Å². The van der Waals surface area contributed by atoms with Crippen LogP contribution < -0.4 is 0 Å². The molecule has 0 unspecified atom stereocenters. The summed E-state index contributed by atoms with van der Waals surface area (Å²) in [6.07, 6.45) is 0. The van der Waals surface area contributed by atoms with Crippen LogP contribution in [0.2, 0.25) is 0 Å². The van der Waals surface area contributed by atoms with Crippen LogP contribution in [0.1, 0.15) is 6.92 Å². The molecule has 0 aromatic rings. The maximum atomic E-state index is 7.75. The van der Waals surface area contributed by atoms with Gasteiger partial charge in [-0.2, -0.15) is 6.92 Å². The van der Waals surface area contributed by atoms with Crippen molar-refractivity contribution in [1.29, 1.82) is 0 Å². The minimum absolute atomic E-state index is 0. The van der Waals surface area contributed by atoms with Gasteiger partial charge in [-0.3, -0.25) is 6.79 Å². The molecule has 0 heterocycles. The van der Waals surface area contributed by atoms with Gasteiger partial charge in [0.15, 0.2) is 0 Å². The molecule has 0 saturated carbocycles. The maximum Gasteiger partial charge on any atom is 0 e. The molecule has 3 radical (unpaired) electrons. The van der Waals surface area contributed by atoms with Crippen LogP contribution in [0.3, 0.4) is 0 Å². The summed E-state index contributed by atoms with van der Waals surface area (Å²) in [7, 11) is 0. The first-order valence-corrected chi connectivity index (χ1v) is 0.943. The normalized spacial score (nSPS) is 1.25. The summed E-state index contributed by atoms with van der Waals surface area (Å²) in [6.45, 7) is 8.25. The Morgan fingerprint density at radius 2 is 1.25 bits per heavy atom. The largest absolute Gasteiger partial charge is 0.545 e. The monoisotopic (exact) mass is 571 g/mol. The summed E-state index contributed by atoms with van der Waals surface area (Å²) in [5.41, 5.74) is 0. The molecule has 0 aromatic carbocycles. The molecule has 0 saturated heterocycles. The first-order valence-electron chi connectivity index (χ1n) is 0.943. The van der Waals surface area contributed by atoms with Gasteiger partial charge in [-0.05, 0) is 0 Å². The van der Waals surface area contributed by atoms with Gasteiger partial charge in [0.05, 0.1) is 0 Å². The molecule has 0 N–H and O–H groups in total. The second kappa shape index (κ2) is 119. The van der Waals surface area contributed by atoms with Gasteiger partial charge >= 0.3 is 0 Å². The van der Waals surface area contributed by atoms with Gasteiger partial charge < -0.3 is 11.7 Å². The van der Waals surface area contributed by atoms with Crippen molar-refractivity contribution in [2.45, 2.75) is 6.92 Å². The molecule has 0 amide bonds. The third-order valence-electron chi connectivity index (χ3n) is 0. The fourth-order valence-corrected chi connectivity index (χ4v) is 0. The molecule has 0 spiro atoms. The van der Waals surface area contributed by atoms with Gasteiger partial charge in [0, 0.05) is 82.1 Å². The molecule has 1 nitrogen and oxygen atoms in total. The Balaban J connectivity index is -0.00000000167. The van der Waals surface area contributed by atoms with E-state index < -0.39 is 0 Å². The third-order valence-corrected chi connectivity index (χ3v) is 0. The van der Waals surface area contributed by atoms with E-state index in [0.29, 0.717) is 0 Å². The van der Waals surface area contributed by atoms with E-state index in [9.17, 15) is 0 Å². The fraction of sp³-hybridized carbons (Fsp3) is 0.333. The summed E-state index contributed by atoms with van der Waals surface area (Å²) in [5.74, 6) is 0. The van der Waals surface area contributed by atoms with Gasteiger partial charge in [-0.1, -0.05) is 0 Å². The Hall–Kier alpha value is 2.33. The molecule has 0 atom stereocenters. The van der Waals surface area contributed by atoms with Crippen LogP contribution in [0.15, 0.2) is 0 Å². The topological polar surface area (TPSA) is 17.1 Å². The number of carbonyl (C=O) groups excluding carboxylic acids is 1. The zero-order valence-corrected chi connectivity index (χ0v) is 13.8. The molecule has 5 heteroatoms. The van der Waals surface area contributed by atoms with Crippen LogP contribution in [0.25, 0.3) is 0 Å². The standard InChI is InChI=1S/C2H5.CHO.Ta.Tc.V.W/c2*1-2;;;;/h1H2,2H3;1H;;;;/q2*-1;;;;. The first-order chi connectivity index (χ1) is 2.00. The van der Waals surface area contributed by atoms with E-state index in [-0.39, 0.29) is 82.1 Å². The van der Waals surface area contributed by atoms with Gasteiger partial charge in [0.2, 0.25) is 0 Å². The van der Waals surface area contributed by atoms with Crippen LogP contribution in [-0.4, -0.2) is 6.79 Å². The second-order valence-corrected chi connectivity index (χ2v) is 0. The van der Waals surface area contributed by atoms with Crippen LogP contribution in [-0.2, 0) is 86.9 Å². The molecule has 0 aliphatic carbocycles. The molecule has 0 aliphatic heterocycles. The van der Waals surface area contributed by atoms with Crippen molar-refractivity contribution in [1.82, 2.24) is 0 Å². The van der Waals surface area contributed by atoms with E-state index in [1.807, 2.05) is 0 Å². The third kappa shape index (κ3) is 82.4. The minimum Gasteiger partial charge on any atom is -0.545 e. The Kier molecular flexibility index (Phi) is 714. The molecular weight excluding hydrogens is 566 g/mol. The van der Waals surface area contributed by atoms with Crippen LogP contribution in [0, 0.1) is 6.92 Å². The summed E-state index contributed by atoms with van der Waals surface area (Å²) >= 11 is 0.